The third kappa shape index (κ3) is 4.93. The van der Waals surface area contributed by atoms with Gasteiger partial charge in [0.25, 0.3) is 0 Å². The number of piperidine rings is 1. The summed E-state index contributed by atoms with van der Waals surface area (Å²) in [5, 5.41) is 3.90. The van der Waals surface area contributed by atoms with Gasteiger partial charge in [0.2, 0.25) is 15.9 Å². The molecule has 1 saturated heterocycles. The Hall–Kier alpha value is -1.02. The maximum absolute atomic E-state index is 13.0. The lowest BCUT2D eigenvalue weighted by molar-refractivity contribution is -0.120. The van der Waals surface area contributed by atoms with Crippen molar-refractivity contribution in [1.29, 1.82) is 0 Å². The summed E-state index contributed by atoms with van der Waals surface area (Å²) in [5.74, 6) is -0.810. The first-order chi connectivity index (χ1) is 13.2. The van der Waals surface area contributed by atoms with Crippen molar-refractivity contribution in [3.8, 4) is 0 Å². The number of anilines is 1. The third-order valence-electron chi connectivity index (χ3n) is 4.40. The molecule has 0 spiro atoms. The predicted molar refractivity (Wildman–Crippen MR) is 113 cm³/mol. The monoisotopic (exact) mass is 480 g/mol. The second kappa shape index (κ2) is 8.78. The Morgan fingerprint density at radius 1 is 1.00 bits per heavy atom. The summed E-state index contributed by atoms with van der Waals surface area (Å²) < 4.78 is 27.3. The van der Waals surface area contributed by atoms with E-state index in [-0.39, 0.29) is 27.4 Å². The van der Waals surface area contributed by atoms with Crippen molar-refractivity contribution in [2.45, 2.75) is 17.7 Å². The molecule has 2 aromatic rings. The summed E-state index contributed by atoms with van der Waals surface area (Å²) in [5.41, 5.74) is 0.459. The number of amides is 1. The highest BCUT2D eigenvalue weighted by atomic mass is 35.5. The van der Waals surface area contributed by atoms with Crippen LogP contribution < -0.4 is 5.32 Å². The number of sulfonamides is 1. The molecule has 150 valence electrons. The Bertz CT molecular complexity index is 994. The number of rotatable bonds is 4. The predicted octanol–water partition coefficient (Wildman–Crippen LogP) is 5.34. The van der Waals surface area contributed by atoms with E-state index < -0.39 is 15.9 Å². The van der Waals surface area contributed by atoms with Crippen molar-refractivity contribution >= 4 is 68.0 Å². The summed E-state index contributed by atoms with van der Waals surface area (Å²) >= 11 is 23.9. The Morgan fingerprint density at radius 2 is 1.68 bits per heavy atom. The highest BCUT2D eigenvalue weighted by Crippen LogP contribution is 2.31. The van der Waals surface area contributed by atoms with Gasteiger partial charge in [-0.25, -0.2) is 8.42 Å². The molecule has 2 aromatic carbocycles. The fraction of sp³-hybridized carbons (Fsp3) is 0.278. The first kappa shape index (κ1) is 21.7. The van der Waals surface area contributed by atoms with E-state index in [1.165, 1.54) is 22.5 Å². The number of hydrogen-bond donors (Lipinski definition) is 1. The molecular weight excluding hydrogens is 466 g/mol. The highest BCUT2D eigenvalue weighted by Gasteiger charge is 2.34. The number of nitrogens with zero attached hydrogens (tertiary/aromatic N) is 1. The second-order valence-corrected chi connectivity index (χ2v) is 10.0. The van der Waals surface area contributed by atoms with E-state index in [9.17, 15) is 13.2 Å². The van der Waals surface area contributed by atoms with Gasteiger partial charge in [0.1, 0.15) is 4.90 Å². The topological polar surface area (TPSA) is 66.5 Å². The summed E-state index contributed by atoms with van der Waals surface area (Å²) in [6, 6.07) is 8.99. The van der Waals surface area contributed by atoms with Crippen molar-refractivity contribution in [2.24, 2.45) is 5.92 Å². The van der Waals surface area contributed by atoms with Gasteiger partial charge in [-0.1, -0.05) is 46.4 Å². The summed E-state index contributed by atoms with van der Waals surface area (Å²) in [7, 11) is -3.87. The molecule has 1 heterocycles. The minimum absolute atomic E-state index is 0.0469. The van der Waals surface area contributed by atoms with Crippen LogP contribution in [0.3, 0.4) is 0 Å². The Balaban J connectivity index is 1.77. The van der Waals surface area contributed by atoms with Gasteiger partial charge < -0.3 is 5.32 Å². The number of halogens is 4. The molecule has 0 aliphatic carbocycles. The number of nitrogens with one attached hydrogen (secondary N) is 1. The van der Waals surface area contributed by atoms with E-state index in [1.54, 1.807) is 18.2 Å². The van der Waals surface area contributed by atoms with Gasteiger partial charge in [-0.3, -0.25) is 4.79 Å². The molecule has 0 saturated carbocycles. The molecule has 1 atom stereocenters. The second-order valence-electron chi connectivity index (χ2n) is 6.42. The van der Waals surface area contributed by atoms with Crippen LogP contribution in [0.25, 0.3) is 0 Å². The highest BCUT2D eigenvalue weighted by molar-refractivity contribution is 7.89. The van der Waals surface area contributed by atoms with Gasteiger partial charge in [0.05, 0.1) is 10.9 Å². The number of carbonyl (C=O) groups is 1. The van der Waals surface area contributed by atoms with Gasteiger partial charge in [-0.05, 0) is 49.2 Å². The SMILES string of the molecule is O=C(Nc1cc(Cl)cc(Cl)c1)[C@H]1CCCN(S(=O)(=O)c2cc(Cl)ccc2Cl)C1. The zero-order valence-corrected chi connectivity index (χ0v) is 18.3. The first-order valence-electron chi connectivity index (χ1n) is 8.39. The first-order valence-corrected chi connectivity index (χ1v) is 11.3. The summed E-state index contributed by atoms with van der Waals surface area (Å²) in [4.78, 5) is 12.6. The number of benzene rings is 2. The zero-order chi connectivity index (χ0) is 20.5. The Labute approximate surface area is 183 Å². The van der Waals surface area contributed by atoms with Crippen LogP contribution >= 0.6 is 46.4 Å². The largest absolute Gasteiger partial charge is 0.326 e. The van der Waals surface area contributed by atoms with Crippen molar-refractivity contribution in [2.75, 3.05) is 18.4 Å². The lowest BCUT2D eigenvalue weighted by Crippen LogP contribution is -2.43. The quantitative estimate of drug-likeness (QED) is 0.640. The molecule has 1 amide bonds. The average molecular weight is 482 g/mol. The standard InChI is InChI=1S/C18H16Cl4N2O3S/c19-12-3-4-16(22)17(9-12)28(26,27)24-5-1-2-11(10-24)18(25)23-15-7-13(20)6-14(21)8-15/h3-4,6-9,11H,1-2,5,10H2,(H,23,25)/t11-/m0/s1. The van der Waals surface area contributed by atoms with E-state index in [4.69, 9.17) is 46.4 Å². The van der Waals surface area contributed by atoms with Crippen LogP contribution in [0.15, 0.2) is 41.3 Å². The molecule has 1 N–H and O–H groups in total. The van der Waals surface area contributed by atoms with Crippen LogP contribution in [0, 0.1) is 5.92 Å². The molecule has 10 heteroatoms. The van der Waals surface area contributed by atoms with Gasteiger partial charge >= 0.3 is 0 Å². The molecule has 0 unspecified atom stereocenters. The number of carbonyl (C=O) groups excluding carboxylic acids is 1. The minimum atomic E-state index is -3.87. The molecular formula is C18H16Cl4N2O3S. The molecule has 0 aromatic heterocycles. The number of hydrogen-bond acceptors (Lipinski definition) is 3. The Morgan fingerprint density at radius 3 is 2.36 bits per heavy atom. The molecule has 28 heavy (non-hydrogen) atoms. The average Bonchev–Trinajstić information content (AvgIpc) is 2.63. The molecule has 0 bridgehead atoms. The van der Waals surface area contributed by atoms with Gasteiger partial charge in [-0.15, -0.1) is 0 Å². The zero-order valence-electron chi connectivity index (χ0n) is 14.5. The summed E-state index contributed by atoms with van der Waals surface area (Å²) in [6.45, 7) is 0.350. The fourth-order valence-electron chi connectivity index (χ4n) is 3.06. The molecule has 1 fully saturated rings. The molecule has 3 rings (SSSR count). The van der Waals surface area contributed by atoms with E-state index in [0.29, 0.717) is 35.1 Å². The van der Waals surface area contributed by atoms with Crippen molar-refractivity contribution < 1.29 is 13.2 Å². The van der Waals surface area contributed by atoms with E-state index in [1.807, 2.05) is 0 Å². The van der Waals surface area contributed by atoms with Crippen LogP contribution in [0.4, 0.5) is 5.69 Å². The lowest BCUT2D eigenvalue weighted by atomic mass is 9.99. The van der Waals surface area contributed by atoms with Gasteiger partial charge in [-0.2, -0.15) is 4.31 Å². The Kier molecular flexibility index (Phi) is 6.80. The van der Waals surface area contributed by atoms with Crippen LogP contribution in [-0.4, -0.2) is 31.7 Å². The van der Waals surface area contributed by atoms with Crippen molar-refractivity contribution in [1.82, 2.24) is 4.31 Å². The van der Waals surface area contributed by atoms with Crippen LogP contribution in [0.2, 0.25) is 20.1 Å². The van der Waals surface area contributed by atoms with E-state index in [2.05, 4.69) is 5.32 Å². The lowest BCUT2D eigenvalue weighted by Gasteiger charge is -2.31. The van der Waals surface area contributed by atoms with Crippen LogP contribution in [-0.2, 0) is 14.8 Å². The molecule has 1 aliphatic heterocycles. The molecule has 0 radical (unpaired) electrons. The molecule has 1 aliphatic rings. The maximum atomic E-state index is 13.0. The van der Waals surface area contributed by atoms with E-state index in [0.717, 1.165) is 0 Å². The maximum Gasteiger partial charge on any atom is 0.244 e. The summed E-state index contributed by atoms with van der Waals surface area (Å²) in [6.07, 6.45) is 1.11. The molecule has 5 nitrogen and oxygen atoms in total. The smallest absolute Gasteiger partial charge is 0.244 e. The van der Waals surface area contributed by atoms with Crippen LogP contribution in [0.5, 0.6) is 0 Å². The minimum Gasteiger partial charge on any atom is -0.326 e. The van der Waals surface area contributed by atoms with E-state index >= 15 is 0 Å². The van der Waals surface area contributed by atoms with Crippen molar-refractivity contribution in [3.63, 3.8) is 0 Å². The van der Waals surface area contributed by atoms with Crippen molar-refractivity contribution in [3.05, 3.63) is 56.5 Å². The fourth-order valence-corrected chi connectivity index (χ4v) is 5.85. The third-order valence-corrected chi connectivity index (χ3v) is 7.41. The normalized spacial score (nSPS) is 18.1. The van der Waals surface area contributed by atoms with Gasteiger partial charge in [0, 0.05) is 33.8 Å². The van der Waals surface area contributed by atoms with Gasteiger partial charge in [0.15, 0.2) is 0 Å². The van der Waals surface area contributed by atoms with Crippen LogP contribution in [0.1, 0.15) is 12.8 Å².